The van der Waals surface area contributed by atoms with Gasteiger partial charge in [0.25, 0.3) is 11.8 Å². The van der Waals surface area contributed by atoms with Gasteiger partial charge in [-0.2, -0.15) is 4.31 Å². The largest absolute Gasteiger partial charge is 0.454 e. The summed E-state index contributed by atoms with van der Waals surface area (Å²) in [5, 5.41) is 5.04. The number of rotatable bonds is 8. The van der Waals surface area contributed by atoms with Crippen LogP contribution in [-0.2, 0) is 29.1 Å². The molecule has 1 aliphatic heterocycles. The van der Waals surface area contributed by atoms with E-state index in [4.69, 9.17) is 9.47 Å². The molecule has 0 spiro atoms. The quantitative estimate of drug-likeness (QED) is 0.535. The molecule has 1 aliphatic rings. The minimum absolute atomic E-state index is 0.0847. The predicted molar refractivity (Wildman–Crippen MR) is 124 cm³/mol. The molecule has 34 heavy (non-hydrogen) atoms. The molecule has 1 atom stereocenters. The van der Waals surface area contributed by atoms with Gasteiger partial charge in [0, 0.05) is 24.3 Å². The van der Waals surface area contributed by atoms with Crippen molar-refractivity contribution >= 4 is 33.5 Å². The van der Waals surface area contributed by atoms with Gasteiger partial charge in [0.2, 0.25) is 10.0 Å². The zero-order valence-corrected chi connectivity index (χ0v) is 19.8. The van der Waals surface area contributed by atoms with E-state index in [0.29, 0.717) is 24.3 Å². The van der Waals surface area contributed by atoms with Crippen LogP contribution in [-0.4, -0.2) is 69.5 Å². The molecule has 0 radical (unpaired) electrons. The molecule has 2 amide bonds. The lowest BCUT2D eigenvalue weighted by Gasteiger charge is -2.26. The molecule has 2 aromatic rings. The lowest BCUT2D eigenvalue weighted by molar-refractivity contribution is -0.148. The second-order valence-corrected chi connectivity index (χ2v) is 9.62. The average Bonchev–Trinajstić information content (AvgIpc) is 2.84. The normalized spacial score (nSPS) is 15.2. The molecule has 1 saturated heterocycles. The van der Waals surface area contributed by atoms with Gasteiger partial charge < -0.3 is 20.1 Å². The van der Waals surface area contributed by atoms with Gasteiger partial charge in [-0.15, -0.1) is 0 Å². The molecule has 1 fully saturated rings. The number of sulfonamides is 1. The molecule has 2 N–H and O–H groups in total. The zero-order chi connectivity index (χ0) is 24.7. The first kappa shape index (κ1) is 25.3. The van der Waals surface area contributed by atoms with Crippen molar-refractivity contribution in [2.24, 2.45) is 0 Å². The van der Waals surface area contributed by atoms with Crippen LogP contribution in [0, 0.1) is 6.92 Å². The van der Waals surface area contributed by atoms with E-state index in [1.54, 1.807) is 49.4 Å². The summed E-state index contributed by atoms with van der Waals surface area (Å²) in [6, 6.07) is 11.9. The maximum absolute atomic E-state index is 13.0. The number of esters is 1. The Kier molecular flexibility index (Phi) is 8.37. The summed E-state index contributed by atoms with van der Waals surface area (Å²) in [6.45, 7) is 3.69. The Bertz CT molecular complexity index is 1150. The van der Waals surface area contributed by atoms with Gasteiger partial charge in [-0.25, -0.2) is 13.2 Å². The first-order valence-corrected chi connectivity index (χ1v) is 12.1. The highest BCUT2D eigenvalue weighted by molar-refractivity contribution is 7.89. The Morgan fingerprint density at radius 3 is 2.44 bits per heavy atom. The van der Waals surface area contributed by atoms with E-state index in [0.717, 1.165) is 0 Å². The third kappa shape index (κ3) is 6.40. The topological polar surface area (TPSA) is 131 Å². The van der Waals surface area contributed by atoms with Crippen LogP contribution >= 0.6 is 0 Å². The highest BCUT2D eigenvalue weighted by Gasteiger charge is 2.28. The van der Waals surface area contributed by atoms with E-state index in [1.165, 1.54) is 17.3 Å². The lowest BCUT2D eigenvalue weighted by Crippen LogP contribution is -2.41. The summed E-state index contributed by atoms with van der Waals surface area (Å²) in [4.78, 5) is 36.7. The fourth-order valence-corrected chi connectivity index (χ4v) is 4.93. The van der Waals surface area contributed by atoms with Gasteiger partial charge in [-0.05, 0) is 43.7 Å². The van der Waals surface area contributed by atoms with Gasteiger partial charge >= 0.3 is 5.97 Å². The van der Waals surface area contributed by atoms with Crippen molar-refractivity contribution in [2.45, 2.75) is 24.8 Å². The lowest BCUT2D eigenvalue weighted by atomic mass is 10.2. The number of nitrogens with one attached hydrogen (secondary N) is 2. The van der Waals surface area contributed by atoms with Crippen LogP contribution in [0.15, 0.2) is 53.4 Å². The summed E-state index contributed by atoms with van der Waals surface area (Å²) in [7, 11) is -3.75. The van der Waals surface area contributed by atoms with Crippen LogP contribution in [0.5, 0.6) is 0 Å². The van der Waals surface area contributed by atoms with Crippen molar-refractivity contribution in [1.29, 1.82) is 0 Å². The van der Waals surface area contributed by atoms with Crippen LogP contribution in [0.2, 0.25) is 0 Å². The Hall–Kier alpha value is -3.28. The summed E-state index contributed by atoms with van der Waals surface area (Å²) < 4.78 is 37.5. The van der Waals surface area contributed by atoms with Crippen LogP contribution < -0.4 is 10.6 Å². The first-order valence-electron chi connectivity index (χ1n) is 10.7. The van der Waals surface area contributed by atoms with E-state index in [-0.39, 0.29) is 23.7 Å². The number of carbonyl (C=O) groups excluding carboxylic acids is 3. The molecule has 2 aromatic carbocycles. The fraction of sp³-hybridized carbons (Fsp3) is 0.348. The highest BCUT2D eigenvalue weighted by Crippen LogP contribution is 2.24. The van der Waals surface area contributed by atoms with Crippen molar-refractivity contribution in [3.8, 4) is 0 Å². The SMILES string of the molecule is Cc1ccc(NC(=O)COC(=O)[C@@H](C)NC(=O)c2ccccc2)cc1S(=O)(=O)N1CCOCC1. The van der Waals surface area contributed by atoms with Gasteiger partial charge in [0.15, 0.2) is 6.61 Å². The van der Waals surface area contributed by atoms with Crippen molar-refractivity contribution < 1.29 is 32.3 Å². The average molecular weight is 490 g/mol. The summed E-state index contributed by atoms with van der Waals surface area (Å²) in [5.41, 5.74) is 1.19. The van der Waals surface area contributed by atoms with Crippen LogP contribution in [0.25, 0.3) is 0 Å². The van der Waals surface area contributed by atoms with Crippen molar-refractivity contribution in [2.75, 3.05) is 38.2 Å². The maximum atomic E-state index is 13.0. The number of morpholine rings is 1. The van der Waals surface area contributed by atoms with E-state index < -0.39 is 40.5 Å². The highest BCUT2D eigenvalue weighted by atomic mass is 32.2. The van der Waals surface area contributed by atoms with Gasteiger partial charge in [-0.1, -0.05) is 24.3 Å². The van der Waals surface area contributed by atoms with Crippen molar-refractivity contribution in [3.05, 3.63) is 59.7 Å². The van der Waals surface area contributed by atoms with Crippen LogP contribution in [0.4, 0.5) is 5.69 Å². The minimum Gasteiger partial charge on any atom is -0.454 e. The molecule has 0 aliphatic carbocycles. The second-order valence-electron chi connectivity index (χ2n) is 7.71. The summed E-state index contributed by atoms with van der Waals surface area (Å²) in [5.74, 6) is -1.87. The molecular weight excluding hydrogens is 462 g/mol. The molecule has 0 aromatic heterocycles. The Morgan fingerprint density at radius 2 is 1.76 bits per heavy atom. The number of hydrogen-bond donors (Lipinski definition) is 2. The molecule has 0 unspecified atom stereocenters. The molecule has 10 nitrogen and oxygen atoms in total. The van der Waals surface area contributed by atoms with Crippen molar-refractivity contribution in [1.82, 2.24) is 9.62 Å². The number of benzene rings is 2. The van der Waals surface area contributed by atoms with E-state index >= 15 is 0 Å². The molecule has 11 heteroatoms. The number of hydrogen-bond acceptors (Lipinski definition) is 7. The zero-order valence-electron chi connectivity index (χ0n) is 18.9. The van der Waals surface area contributed by atoms with Crippen LogP contribution in [0.1, 0.15) is 22.8 Å². The van der Waals surface area contributed by atoms with Crippen LogP contribution in [0.3, 0.4) is 0 Å². The Labute approximate surface area is 198 Å². The van der Waals surface area contributed by atoms with E-state index in [1.807, 2.05) is 0 Å². The number of carbonyl (C=O) groups is 3. The number of nitrogens with zero attached hydrogens (tertiary/aromatic N) is 1. The number of anilines is 1. The standard InChI is InChI=1S/C23H27N3O7S/c1-16-8-9-19(14-20(16)34(30,31)26-10-12-32-13-11-26)25-21(27)15-33-23(29)17(2)24-22(28)18-6-4-3-5-7-18/h3-9,14,17H,10-13,15H2,1-2H3,(H,24,28)(H,25,27)/t17-/m1/s1. The second kappa shape index (κ2) is 11.2. The molecule has 1 heterocycles. The summed E-state index contributed by atoms with van der Waals surface area (Å²) >= 11 is 0. The number of aryl methyl sites for hydroxylation is 1. The first-order chi connectivity index (χ1) is 16.2. The Morgan fingerprint density at radius 1 is 1.09 bits per heavy atom. The molecule has 182 valence electrons. The molecule has 0 bridgehead atoms. The van der Waals surface area contributed by atoms with E-state index in [2.05, 4.69) is 10.6 Å². The fourth-order valence-electron chi connectivity index (χ4n) is 3.27. The summed E-state index contributed by atoms with van der Waals surface area (Å²) in [6.07, 6.45) is 0. The molecular formula is C23H27N3O7S. The minimum atomic E-state index is -3.75. The van der Waals surface area contributed by atoms with E-state index in [9.17, 15) is 22.8 Å². The third-order valence-corrected chi connectivity index (χ3v) is 7.18. The van der Waals surface area contributed by atoms with Gasteiger partial charge in [0.05, 0.1) is 18.1 Å². The smallest absolute Gasteiger partial charge is 0.328 e. The van der Waals surface area contributed by atoms with Gasteiger partial charge in [-0.3, -0.25) is 9.59 Å². The van der Waals surface area contributed by atoms with Crippen molar-refractivity contribution in [3.63, 3.8) is 0 Å². The molecule has 0 saturated carbocycles. The maximum Gasteiger partial charge on any atom is 0.328 e. The monoisotopic (exact) mass is 489 g/mol. The third-order valence-electron chi connectivity index (χ3n) is 5.14. The Balaban J connectivity index is 1.56. The van der Waals surface area contributed by atoms with Gasteiger partial charge in [0.1, 0.15) is 6.04 Å². The number of ether oxygens (including phenoxy) is 2. The predicted octanol–water partition coefficient (Wildman–Crippen LogP) is 1.32. The number of amides is 2. The molecule has 3 rings (SSSR count).